The van der Waals surface area contributed by atoms with Gasteiger partial charge in [-0.1, -0.05) is 49.5 Å². The number of carbonyl (C=O) groups is 1. The maximum atomic E-state index is 12.1. The summed E-state index contributed by atoms with van der Waals surface area (Å²) in [7, 11) is 0. The Balaban J connectivity index is 2.25. The zero-order chi connectivity index (χ0) is 14.0. The average molecular weight is 404 g/mol. The summed E-state index contributed by atoms with van der Waals surface area (Å²) >= 11 is 12.8. The lowest BCUT2D eigenvalue weighted by Crippen LogP contribution is -2.12. The van der Waals surface area contributed by atoms with Crippen LogP contribution < -0.4 is 5.32 Å². The number of carbonyl (C=O) groups excluding carboxylic acids is 1. The maximum Gasteiger partial charge on any atom is 0.255 e. The third kappa shape index (κ3) is 3.59. The van der Waals surface area contributed by atoms with E-state index in [2.05, 4.69) is 37.2 Å². The van der Waals surface area contributed by atoms with Crippen LogP contribution in [0.4, 0.5) is 5.69 Å². The number of hydrogen-bond acceptors (Lipinski definition) is 1. The summed E-state index contributed by atoms with van der Waals surface area (Å²) in [5.41, 5.74) is 2.24. The smallest absolute Gasteiger partial charge is 0.255 e. The van der Waals surface area contributed by atoms with E-state index in [1.807, 2.05) is 19.1 Å². The van der Waals surface area contributed by atoms with E-state index in [9.17, 15) is 4.79 Å². The van der Waals surface area contributed by atoms with Crippen LogP contribution in [-0.4, -0.2) is 5.91 Å². The van der Waals surface area contributed by atoms with Crippen molar-refractivity contribution in [3.63, 3.8) is 0 Å². The first-order valence-corrected chi connectivity index (χ1v) is 7.46. The highest BCUT2D eigenvalue weighted by molar-refractivity contribution is 9.10. The number of benzene rings is 2. The normalized spacial score (nSPS) is 10.3. The quantitative estimate of drug-likeness (QED) is 0.712. The number of amides is 1. The molecule has 0 radical (unpaired) electrons. The fraction of sp³-hybridized carbons (Fsp3) is 0.0714. The lowest BCUT2D eigenvalue weighted by atomic mass is 10.1. The summed E-state index contributed by atoms with van der Waals surface area (Å²) in [4.78, 5) is 12.1. The molecule has 0 fully saturated rings. The zero-order valence-corrected chi connectivity index (χ0v) is 13.9. The first-order chi connectivity index (χ1) is 8.97. The van der Waals surface area contributed by atoms with E-state index in [1.54, 1.807) is 24.3 Å². The summed E-state index contributed by atoms with van der Waals surface area (Å²) in [6.07, 6.45) is 0. The van der Waals surface area contributed by atoms with Gasteiger partial charge in [-0.15, -0.1) is 0 Å². The predicted octanol–water partition coefficient (Wildman–Crippen LogP) is 5.43. The molecule has 0 spiro atoms. The second kappa shape index (κ2) is 6.07. The summed E-state index contributed by atoms with van der Waals surface area (Å²) in [5.74, 6) is -0.194. The van der Waals surface area contributed by atoms with Crippen molar-refractivity contribution in [2.45, 2.75) is 6.92 Å². The molecule has 2 rings (SSSR count). The molecule has 0 saturated heterocycles. The van der Waals surface area contributed by atoms with Gasteiger partial charge in [-0.05, 0) is 42.8 Å². The molecule has 5 heteroatoms. The second-order valence-electron chi connectivity index (χ2n) is 4.04. The molecule has 0 bridgehead atoms. The van der Waals surface area contributed by atoms with Crippen LogP contribution in [0.2, 0.25) is 5.02 Å². The topological polar surface area (TPSA) is 29.1 Å². The first-order valence-electron chi connectivity index (χ1n) is 5.50. The molecule has 0 atom stereocenters. The molecule has 0 aliphatic rings. The molecular weight excluding hydrogens is 393 g/mol. The fourth-order valence-corrected chi connectivity index (χ4v) is 2.43. The highest BCUT2D eigenvalue weighted by Gasteiger charge is 2.10. The van der Waals surface area contributed by atoms with Gasteiger partial charge in [0.2, 0.25) is 0 Å². The Morgan fingerprint density at radius 1 is 1.16 bits per heavy atom. The number of rotatable bonds is 2. The Labute approximate surface area is 133 Å². The Hall–Kier alpha value is -0.840. The van der Waals surface area contributed by atoms with Crippen molar-refractivity contribution in [1.82, 2.24) is 0 Å². The van der Waals surface area contributed by atoms with Gasteiger partial charge in [0, 0.05) is 14.5 Å². The highest BCUT2D eigenvalue weighted by atomic mass is 79.9. The maximum absolute atomic E-state index is 12.1. The fourth-order valence-electron chi connectivity index (χ4n) is 1.52. The van der Waals surface area contributed by atoms with Crippen LogP contribution in [0, 0.1) is 6.92 Å². The van der Waals surface area contributed by atoms with Gasteiger partial charge in [0.1, 0.15) is 0 Å². The lowest BCUT2D eigenvalue weighted by Gasteiger charge is -2.08. The Kier molecular flexibility index (Phi) is 4.66. The number of hydrogen-bond donors (Lipinski definition) is 1. The number of nitrogens with one attached hydrogen (secondary N) is 1. The van der Waals surface area contributed by atoms with Gasteiger partial charge < -0.3 is 5.32 Å². The Morgan fingerprint density at radius 2 is 1.89 bits per heavy atom. The van der Waals surface area contributed by atoms with E-state index in [0.717, 1.165) is 14.5 Å². The van der Waals surface area contributed by atoms with E-state index in [-0.39, 0.29) is 5.91 Å². The van der Waals surface area contributed by atoms with E-state index in [0.29, 0.717) is 16.3 Å². The van der Waals surface area contributed by atoms with Crippen molar-refractivity contribution >= 4 is 55.1 Å². The minimum absolute atomic E-state index is 0.194. The molecule has 0 aromatic heterocycles. The van der Waals surface area contributed by atoms with Gasteiger partial charge in [-0.25, -0.2) is 0 Å². The molecule has 1 amide bonds. The van der Waals surface area contributed by atoms with Gasteiger partial charge in [0.15, 0.2) is 0 Å². The van der Waals surface area contributed by atoms with E-state index in [4.69, 9.17) is 11.6 Å². The Morgan fingerprint density at radius 3 is 2.58 bits per heavy atom. The van der Waals surface area contributed by atoms with Crippen LogP contribution in [0.3, 0.4) is 0 Å². The standard InChI is InChI=1S/C14H10Br2ClNO/c1-8-2-3-9(6-11(8)16)14(19)18-13-7-10(15)4-5-12(13)17/h2-7H,1H3,(H,18,19). The van der Waals surface area contributed by atoms with Crippen LogP contribution >= 0.6 is 43.5 Å². The minimum Gasteiger partial charge on any atom is -0.321 e. The summed E-state index contributed by atoms with van der Waals surface area (Å²) in [6, 6.07) is 10.8. The Bertz CT molecular complexity index is 643. The van der Waals surface area contributed by atoms with Gasteiger partial charge in [0.05, 0.1) is 10.7 Å². The van der Waals surface area contributed by atoms with Crippen LogP contribution in [0.25, 0.3) is 0 Å². The van der Waals surface area contributed by atoms with Crippen LogP contribution in [0.5, 0.6) is 0 Å². The largest absolute Gasteiger partial charge is 0.321 e. The summed E-state index contributed by atoms with van der Waals surface area (Å²) < 4.78 is 1.76. The van der Waals surface area contributed by atoms with Crippen molar-refractivity contribution in [1.29, 1.82) is 0 Å². The van der Waals surface area contributed by atoms with Crippen molar-refractivity contribution in [2.75, 3.05) is 5.32 Å². The second-order valence-corrected chi connectivity index (χ2v) is 6.22. The van der Waals surface area contributed by atoms with E-state index in [1.165, 1.54) is 0 Å². The van der Waals surface area contributed by atoms with E-state index >= 15 is 0 Å². The summed E-state index contributed by atoms with van der Waals surface area (Å²) in [6.45, 7) is 1.97. The third-order valence-electron chi connectivity index (χ3n) is 2.61. The molecule has 2 nitrogen and oxygen atoms in total. The molecule has 1 N–H and O–H groups in total. The lowest BCUT2D eigenvalue weighted by molar-refractivity contribution is 0.102. The molecule has 19 heavy (non-hydrogen) atoms. The van der Waals surface area contributed by atoms with Crippen molar-refractivity contribution in [3.8, 4) is 0 Å². The molecule has 0 unspecified atom stereocenters. The highest BCUT2D eigenvalue weighted by Crippen LogP contribution is 2.26. The molecule has 98 valence electrons. The molecule has 0 aliphatic heterocycles. The molecule has 0 heterocycles. The molecule has 2 aromatic carbocycles. The van der Waals surface area contributed by atoms with Gasteiger partial charge >= 0.3 is 0 Å². The monoisotopic (exact) mass is 401 g/mol. The number of anilines is 1. The van der Waals surface area contributed by atoms with E-state index < -0.39 is 0 Å². The van der Waals surface area contributed by atoms with Crippen molar-refractivity contribution < 1.29 is 4.79 Å². The number of halogens is 3. The van der Waals surface area contributed by atoms with Gasteiger partial charge in [0.25, 0.3) is 5.91 Å². The van der Waals surface area contributed by atoms with Gasteiger partial charge in [-0.3, -0.25) is 4.79 Å². The zero-order valence-electron chi connectivity index (χ0n) is 10.0. The summed E-state index contributed by atoms with van der Waals surface area (Å²) in [5, 5.41) is 3.29. The van der Waals surface area contributed by atoms with Crippen molar-refractivity contribution in [2.24, 2.45) is 0 Å². The molecule has 0 saturated carbocycles. The molecular formula is C14H10Br2ClNO. The van der Waals surface area contributed by atoms with Crippen LogP contribution in [0.15, 0.2) is 45.3 Å². The predicted molar refractivity (Wildman–Crippen MR) is 86.0 cm³/mol. The molecule has 2 aromatic rings. The van der Waals surface area contributed by atoms with Crippen molar-refractivity contribution in [3.05, 3.63) is 61.5 Å². The third-order valence-corrected chi connectivity index (χ3v) is 4.29. The SMILES string of the molecule is Cc1ccc(C(=O)Nc2cc(Br)ccc2Cl)cc1Br. The number of aryl methyl sites for hydroxylation is 1. The van der Waals surface area contributed by atoms with Crippen LogP contribution in [0.1, 0.15) is 15.9 Å². The molecule has 0 aliphatic carbocycles. The average Bonchev–Trinajstić information content (AvgIpc) is 2.37. The van der Waals surface area contributed by atoms with Gasteiger partial charge in [-0.2, -0.15) is 0 Å². The first kappa shape index (κ1) is 14.6. The van der Waals surface area contributed by atoms with Crippen LogP contribution in [-0.2, 0) is 0 Å². The minimum atomic E-state index is -0.194.